The zero-order valence-electron chi connectivity index (χ0n) is 10.2. The molecule has 1 aliphatic carbocycles. The monoisotopic (exact) mass is 293 g/mol. The van der Waals surface area contributed by atoms with Gasteiger partial charge in [-0.3, -0.25) is 9.59 Å². The summed E-state index contributed by atoms with van der Waals surface area (Å²) < 4.78 is 0. The molecule has 104 valence electrons. The van der Waals surface area contributed by atoms with Crippen molar-refractivity contribution in [2.24, 2.45) is 0 Å². The number of halogens is 1. The maximum absolute atomic E-state index is 11.6. The van der Waals surface area contributed by atoms with E-state index in [0.29, 0.717) is 12.5 Å². The lowest BCUT2D eigenvalue weighted by molar-refractivity contribution is -0.126. The van der Waals surface area contributed by atoms with E-state index in [1.807, 2.05) is 11.8 Å². The van der Waals surface area contributed by atoms with E-state index in [0.717, 1.165) is 30.9 Å². The molecule has 1 atom stereocenters. The van der Waals surface area contributed by atoms with Crippen molar-refractivity contribution in [3.05, 3.63) is 0 Å². The minimum absolute atomic E-state index is 0. The molecule has 1 unspecified atom stereocenters. The number of rotatable bonds is 5. The number of thioether (sulfide) groups is 1. The third kappa shape index (κ3) is 5.93. The van der Waals surface area contributed by atoms with Crippen LogP contribution in [-0.4, -0.2) is 48.5 Å². The molecule has 0 aromatic heterocycles. The van der Waals surface area contributed by atoms with E-state index in [-0.39, 0.29) is 36.8 Å². The van der Waals surface area contributed by atoms with Crippen LogP contribution in [-0.2, 0) is 9.59 Å². The Balaban J connectivity index is 0.00000162. The molecule has 1 heterocycles. The van der Waals surface area contributed by atoms with Gasteiger partial charge in [-0.2, -0.15) is 11.8 Å². The Kier molecular flexibility index (Phi) is 6.81. The summed E-state index contributed by atoms with van der Waals surface area (Å²) in [6.45, 7) is 1.07. The summed E-state index contributed by atoms with van der Waals surface area (Å²) in [7, 11) is 0. The molecule has 7 heteroatoms. The highest BCUT2D eigenvalue weighted by Gasteiger charge is 2.23. The molecule has 0 aromatic rings. The van der Waals surface area contributed by atoms with Crippen molar-refractivity contribution in [3.63, 3.8) is 0 Å². The summed E-state index contributed by atoms with van der Waals surface area (Å²) >= 11 is 1.86. The molecule has 0 spiro atoms. The van der Waals surface area contributed by atoms with Gasteiger partial charge >= 0.3 is 0 Å². The molecule has 1 saturated carbocycles. The molecule has 0 bridgehead atoms. The SMILES string of the molecule is Cl.O=C(CC1CSCCN1)NCC(=O)NC1CC1. The summed E-state index contributed by atoms with van der Waals surface area (Å²) in [5.41, 5.74) is 0. The summed E-state index contributed by atoms with van der Waals surface area (Å²) in [4.78, 5) is 22.9. The number of amides is 2. The van der Waals surface area contributed by atoms with E-state index >= 15 is 0 Å². The van der Waals surface area contributed by atoms with Gasteiger partial charge in [0, 0.05) is 36.6 Å². The lowest BCUT2D eigenvalue weighted by Crippen LogP contribution is -2.43. The normalized spacial score (nSPS) is 22.8. The molecule has 1 saturated heterocycles. The molecule has 1 aliphatic heterocycles. The van der Waals surface area contributed by atoms with Gasteiger partial charge in [0.05, 0.1) is 6.54 Å². The van der Waals surface area contributed by atoms with Gasteiger partial charge < -0.3 is 16.0 Å². The second-order valence-corrected chi connectivity index (χ2v) is 5.70. The summed E-state index contributed by atoms with van der Waals surface area (Å²) in [5.74, 6) is 1.96. The van der Waals surface area contributed by atoms with E-state index in [4.69, 9.17) is 0 Å². The standard InChI is InChI=1S/C11H19N3O2S.ClH/c15-10(5-9-7-17-4-3-12-9)13-6-11(16)14-8-1-2-8;/h8-9,12H,1-7H2,(H,13,15)(H,14,16);1H. The first-order valence-corrected chi connectivity index (χ1v) is 7.26. The molecule has 0 aromatic carbocycles. The van der Waals surface area contributed by atoms with E-state index in [1.165, 1.54) is 0 Å². The summed E-state index contributed by atoms with van der Waals surface area (Å²) in [6, 6.07) is 0.607. The molecule has 2 aliphatic rings. The van der Waals surface area contributed by atoms with Crippen LogP contribution in [0, 0.1) is 0 Å². The molecule has 2 amide bonds. The van der Waals surface area contributed by atoms with Crippen LogP contribution in [0.4, 0.5) is 0 Å². The Morgan fingerprint density at radius 2 is 2.06 bits per heavy atom. The van der Waals surface area contributed by atoms with Gasteiger partial charge in [0.15, 0.2) is 0 Å². The zero-order chi connectivity index (χ0) is 12.1. The Morgan fingerprint density at radius 1 is 1.28 bits per heavy atom. The lowest BCUT2D eigenvalue weighted by atomic mass is 10.2. The number of nitrogens with one attached hydrogen (secondary N) is 3. The minimum atomic E-state index is -0.0770. The largest absolute Gasteiger partial charge is 0.352 e. The van der Waals surface area contributed by atoms with Crippen molar-refractivity contribution in [3.8, 4) is 0 Å². The van der Waals surface area contributed by atoms with Gasteiger partial charge in [-0.25, -0.2) is 0 Å². The first-order chi connectivity index (χ1) is 8.24. The number of hydrogen-bond acceptors (Lipinski definition) is 4. The van der Waals surface area contributed by atoms with Gasteiger partial charge in [0.1, 0.15) is 0 Å². The van der Waals surface area contributed by atoms with Crippen LogP contribution in [0.15, 0.2) is 0 Å². The Labute approximate surface area is 118 Å². The second kappa shape index (κ2) is 7.86. The number of carbonyl (C=O) groups is 2. The highest BCUT2D eigenvalue weighted by Crippen LogP contribution is 2.18. The maximum Gasteiger partial charge on any atom is 0.239 e. The maximum atomic E-state index is 11.6. The molecule has 2 fully saturated rings. The van der Waals surface area contributed by atoms with Gasteiger partial charge in [-0.1, -0.05) is 0 Å². The fourth-order valence-corrected chi connectivity index (χ4v) is 2.68. The highest BCUT2D eigenvalue weighted by atomic mass is 35.5. The van der Waals surface area contributed by atoms with E-state index in [2.05, 4.69) is 16.0 Å². The first kappa shape index (κ1) is 15.6. The van der Waals surface area contributed by atoms with Crippen molar-refractivity contribution < 1.29 is 9.59 Å². The van der Waals surface area contributed by atoms with Gasteiger partial charge in [0.2, 0.25) is 11.8 Å². The zero-order valence-corrected chi connectivity index (χ0v) is 11.9. The lowest BCUT2D eigenvalue weighted by Gasteiger charge is -2.22. The van der Waals surface area contributed by atoms with Crippen LogP contribution in [0.25, 0.3) is 0 Å². The fourth-order valence-electron chi connectivity index (χ4n) is 1.73. The van der Waals surface area contributed by atoms with Crippen molar-refractivity contribution in [2.75, 3.05) is 24.6 Å². The van der Waals surface area contributed by atoms with E-state index in [9.17, 15) is 9.59 Å². The van der Waals surface area contributed by atoms with E-state index in [1.54, 1.807) is 0 Å². The van der Waals surface area contributed by atoms with E-state index < -0.39 is 0 Å². The van der Waals surface area contributed by atoms with Crippen LogP contribution in [0.1, 0.15) is 19.3 Å². The Hall–Kier alpha value is -0.460. The number of hydrogen-bond donors (Lipinski definition) is 3. The van der Waals surface area contributed by atoms with Crippen LogP contribution >= 0.6 is 24.2 Å². The first-order valence-electron chi connectivity index (χ1n) is 6.11. The van der Waals surface area contributed by atoms with Crippen LogP contribution < -0.4 is 16.0 Å². The summed E-state index contributed by atoms with van der Waals surface area (Å²) in [6.07, 6.45) is 2.61. The molecule has 3 N–H and O–H groups in total. The second-order valence-electron chi connectivity index (χ2n) is 4.55. The fraction of sp³-hybridized carbons (Fsp3) is 0.818. The molecule has 18 heavy (non-hydrogen) atoms. The molecule has 2 rings (SSSR count). The Bertz CT molecular complexity index is 294. The molecular formula is C11H20ClN3O2S. The van der Waals surface area contributed by atoms with Gasteiger partial charge in [0.25, 0.3) is 0 Å². The van der Waals surface area contributed by atoms with Crippen LogP contribution in [0.2, 0.25) is 0 Å². The van der Waals surface area contributed by atoms with Crippen molar-refractivity contribution in [1.29, 1.82) is 0 Å². The minimum Gasteiger partial charge on any atom is -0.352 e. The predicted octanol–water partition coefficient (Wildman–Crippen LogP) is -0.102. The third-order valence-corrected chi connectivity index (χ3v) is 3.95. The topological polar surface area (TPSA) is 70.2 Å². The molecule has 5 nitrogen and oxygen atoms in total. The van der Waals surface area contributed by atoms with Crippen molar-refractivity contribution >= 4 is 36.0 Å². The number of carbonyl (C=O) groups excluding carboxylic acids is 2. The quantitative estimate of drug-likeness (QED) is 0.662. The van der Waals surface area contributed by atoms with Crippen LogP contribution in [0.3, 0.4) is 0 Å². The van der Waals surface area contributed by atoms with Gasteiger partial charge in [-0.05, 0) is 12.8 Å². The predicted molar refractivity (Wildman–Crippen MR) is 75.2 cm³/mol. The highest BCUT2D eigenvalue weighted by molar-refractivity contribution is 7.99. The average molecular weight is 294 g/mol. The Morgan fingerprint density at radius 3 is 2.67 bits per heavy atom. The third-order valence-electron chi connectivity index (χ3n) is 2.82. The molecule has 0 radical (unpaired) electrons. The smallest absolute Gasteiger partial charge is 0.239 e. The van der Waals surface area contributed by atoms with Crippen molar-refractivity contribution in [2.45, 2.75) is 31.3 Å². The van der Waals surface area contributed by atoms with Crippen LogP contribution in [0.5, 0.6) is 0 Å². The van der Waals surface area contributed by atoms with Crippen molar-refractivity contribution in [1.82, 2.24) is 16.0 Å². The molecular weight excluding hydrogens is 274 g/mol. The average Bonchev–Trinajstić information content (AvgIpc) is 3.12. The summed E-state index contributed by atoms with van der Waals surface area (Å²) in [5, 5.41) is 8.80. The van der Waals surface area contributed by atoms with Gasteiger partial charge in [-0.15, -0.1) is 12.4 Å².